The van der Waals surface area contributed by atoms with Crippen molar-refractivity contribution < 1.29 is 18.7 Å². The number of rotatable bonds is 3. The van der Waals surface area contributed by atoms with E-state index >= 15 is 0 Å². The first-order valence-corrected chi connectivity index (χ1v) is 6.31. The van der Waals surface area contributed by atoms with Gasteiger partial charge in [-0.05, 0) is 24.6 Å². The molecule has 0 aromatic heterocycles. The molecule has 1 aliphatic heterocycles. The largest absolute Gasteiger partial charge is 0.464 e. The molecule has 0 radical (unpaired) electrons. The van der Waals surface area contributed by atoms with Crippen LogP contribution in [0.1, 0.15) is 24.8 Å². The van der Waals surface area contributed by atoms with Crippen LogP contribution in [-0.2, 0) is 14.3 Å². The summed E-state index contributed by atoms with van der Waals surface area (Å²) in [6, 6.07) is 3.45. The van der Waals surface area contributed by atoms with E-state index in [9.17, 15) is 14.0 Å². The average Bonchev–Trinajstić information content (AvgIpc) is 2.75. The number of hydrogen-bond donors (Lipinski definition) is 1. The zero-order chi connectivity index (χ0) is 14.0. The molecule has 1 N–H and O–H groups in total. The molecule has 1 aromatic rings. The molecule has 1 amide bonds. The molecule has 102 valence electrons. The molecule has 0 aliphatic carbocycles. The second kappa shape index (κ2) is 5.57. The van der Waals surface area contributed by atoms with Gasteiger partial charge in [0.2, 0.25) is 5.91 Å². The highest BCUT2D eigenvalue weighted by Gasteiger charge is 2.39. The van der Waals surface area contributed by atoms with Crippen LogP contribution >= 0.6 is 11.6 Å². The number of hydrogen-bond acceptors (Lipinski definition) is 3. The molecular formula is C13H13ClFNO3. The topological polar surface area (TPSA) is 55.4 Å². The van der Waals surface area contributed by atoms with Crippen molar-refractivity contribution >= 4 is 23.5 Å². The third-order valence-electron chi connectivity index (χ3n) is 3.04. The lowest BCUT2D eigenvalue weighted by molar-refractivity contribution is -0.146. The second-order valence-electron chi connectivity index (χ2n) is 4.28. The van der Waals surface area contributed by atoms with Crippen molar-refractivity contribution in [3.63, 3.8) is 0 Å². The van der Waals surface area contributed by atoms with Gasteiger partial charge in [-0.2, -0.15) is 0 Å². The molecule has 0 saturated carbocycles. The van der Waals surface area contributed by atoms with Gasteiger partial charge in [0.05, 0.1) is 11.6 Å². The maximum atomic E-state index is 13.1. The Hall–Kier alpha value is -1.62. The minimum Gasteiger partial charge on any atom is -0.464 e. The van der Waals surface area contributed by atoms with Crippen molar-refractivity contribution in [1.82, 2.24) is 5.32 Å². The summed E-state index contributed by atoms with van der Waals surface area (Å²) in [5.74, 6) is -1.64. The first-order chi connectivity index (χ1) is 9.02. The third-order valence-corrected chi connectivity index (χ3v) is 3.33. The van der Waals surface area contributed by atoms with Crippen LogP contribution in [0, 0.1) is 5.82 Å². The van der Waals surface area contributed by atoms with Gasteiger partial charge in [-0.25, -0.2) is 9.18 Å². The zero-order valence-electron chi connectivity index (χ0n) is 10.3. The SMILES string of the molecule is CCOC(=O)C1NC(=O)CC1c1ccc(F)c(Cl)c1. The van der Waals surface area contributed by atoms with Crippen LogP contribution in [0.5, 0.6) is 0 Å². The molecule has 1 aromatic carbocycles. The van der Waals surface area contributed by atoms with Gasteiger partial charge in [0.25, 0.3) is 0 Å². The Bertz CT molecular complexity index is 521. The molecule has 0 spiro atoms. The normalized spacial score (nSPS) is 22.2. The van der Waals surface area contributed by atoms with E-state index in [1.807, 2.05) is 0 Å². The van der Waals surface area contributed by atoms with E-state index in [-0.39, 0.29) is 29.9 Å². The second-order valence-corrected chi connectivity index (χ2v) is 4.69. The Morgan fingerprint density at radius 1 is 1.58 bits per heavy atom. The molecule has 0 bridgehead atoms. The minimum atomic E-state index is -0.742. The Kier molecular flexibility index (Phi) is 4.04. The number of benzene rings is 1. The Morgan fingerprint density at radius 3 is 2.95 bits per heavy atom. The summed E-state index contributed by atoms with van der Waals surface area (Å²) in [6.07, 6.45) is 0.158. The molecule has 1 saturated heterocycles. The Morgan fingerprint density at radius 2 is 2.32 bits per heavy atom. The van der Waals surface area contributed by atoms with Gasteiger partial charge < -0.3 is 10.1 Å². The quantitative estimate of drug-likeness (QED) is 0.865. The van der Waals surface area contributed by atoms with Crippen molar-refractivity contribution in [1.29, 1.82) is 0 Å². The summed E-state index contributed by atoms with van der Waals surface area (Å²) in [5.41, 5.74) is 0.641. The maximum absolute atomic E-state index is 13.1. The van der Waals surface area contributed by atoms with Crippen molar-refractivity contribution in [3.05, 3.63) is 34.6 Å². The van der Waals surface area contributed by atoms with Crippen LogP contribution < -0.4 is 5.32 Å². The van der Waals surface area contributed by atoms with E-state index in [1.165, 1.54) is 18.2 Å². The number of nitrogens with one attached hydrogen (secondary N) is 1. The summed E-state index contributed by atoms with van der Waals surface area (Å²) in [4.78, 5) is 23.3. The molecular weight excluding hydrogens is 273 g/mol. The van der Waals surface area contributed by atoms with Crippen LogP contribution in [-0.4, -0.2) is 24.5 Å². The lowest BCUT2D eigenvalue weighted by Crippen LogP contribution is -2.37. The number of esters is 1. The fraction of sp³-hybridized carbons (Fsp3) is 0.385. The number of amides is 1. The summed E-state index contributed by atoms with van der Waals surface area (Å²) in [5, 5.41) is 2.54. The van der Waals surface area contributed by atoms with Crippen LogP contribution in [0.15, 0.2) is 18.2 Å². The van der Waals surface area contributed by atoms with Crippen LogP contribution in [0.3, 0.4) is 0 Å². The Balaban J connectivity index is 2.27. The molecule has 2 atom stereocenters. The standard InChI is InChI=1S/C13H13ClFNO3/c1-2-19-13(18)12-8(6-11(17)16-12)7-3-4-10(15)9(14)5-7/h3-5,8,12H,2,6H2,1H3,(H,16,17). The first kappa shape index (κ1) is 13.8. The predicted octanol–water partition coefficient (Wildman–Crippen LogP) is 2.01. The van der Waals surface area contributed by atoms with Crippen molar-refractivity contribution in [2.45, 2.75) is 25.3 Å². The Labute approximate surface area is 114 Å². The molecule has 4 nitrogen and oxygen atoms in total. The molecule has 1 aliphatic rings. The number of carbonyl (C=O) groups excluding carboxylic acids is 2. The summed E-state index contributed by atoms with van der Waals surface area (Å²) >= 11 is 5.72. The van der Waals surface area contributed by atoms with E-state index in [1.54, 1.807) is 6.92 Å². The zero-order valence-corrected chi connectivity index (χ0v) is 11.0. The predicted molar refractivity (Wildman–Crippen MR) is 67.3 cm³/mol. The molecule has 6 heteroatoms. The molecule has 1 heterocycles. The van der Waals surface area contributed by atoms with Crippen LogP contribution in [0.4, 0.5) is 4.39 Å². The highest BCUT2D eigenvalue weighted by Crippen LogP contribution is 2.31. The number of carbonyl (C=O) groups is 2. The van der Waals surface area contributed by atoms with Crippen LogP contribution in [0.2, 0.25) is 5.02 Å². The monoisotopic (exact) mass is 285 g/mol. The lowest BCUT2D eigenvalue weighted by atomic mass is 9.92. The van der Waals surface area contributed by atoms with Gasteiger partial charge in [0.1, 0.15) is 11.9 Å². The molecule has 2 rings (SSSR count). The first-order valence-electron chi connectivity index (χ1n) is 5.94. The van der Waals surface area contributed by atoms with Gasteiger partial charge in [-0.15, -0.1) is 0 Å². The van der Waals surface area contributed by atoms with Gasteiger partial charge in [0.15, 0.2) is 0 Å². The van der Waals surface area contributed by atoms with Gasteiger partial charge in [0, 0.05) is 12.3 Å². The minimum absolute atomic E-state index is 0.0283. The smallest absolute Gasteiger partial charge is 0.329 e. The fourth-order valence-electron chi connectivity index (χ4n) is 2.16. The van der Waals surface area contributed by atoms with Crippen molar-refractivity contribution in [2.24, 2.45) is 0 Å². The highest BCUT2D eigenvalue weighted by atomic mass is 35.5. The van der Waals surface area contributed by atoms with Crippen molar-refractivity contribution in [2.75, 3.05) is 6.61 Å². The van der Waals surface area contributed by atoms with E-state index in [0.717, 1.165) is 0 Å². The molecule has 2 unspecified atom stereocenters. The van der Waals surface area contributed by atoms with Crippen molar-refractivity contribution in [3.8, 4) is 0 Å². The summed E-state index contributed by atoms with van der Waals surface area (Å²) in [6.45, 7) is 1.93. The third kappa shape index (κ3) is 2.87. The van der Waals surface area contributed by atoms with E-state index < -0.39 is 17.8 Å². The van der Waals surface area contributed by atoms with Crippen LogP contribution in [0.25, 0.3) is 0 Å². The molecule has 1 fully saturated rings. The van der Waals surface area contributed by atoms with Gasteiger partial charge >= 0.3 is 5.97 Å². The maximum Gasteiger partial charge on any atom is 0.329 e. The summed E-state index contributed by atoms with van der Waals surface area (Å²) in [7, 11) is 0. The van der Waals surface area contributed by atoms with E-state index in [4.69, 9.17) is 16.3 Å². The molecule has 19 heavy (non-hydrogen) atoms. The van der Waals surface area contributed by atoms with Gasteiger partial charge in [-0.3, -0.25) is 4.79 Å². The fourth-order valence-corrected chi connectivity index (χ4v) is 2.35. The number of halogens is 2. The van der Waals surface area contributed by atoms with E-state index in [2.05, 4.69) is 5.32 Å². The lowest BCUT2D eigenvalue weighted by Gasteiger charge is -2.17. The average molecular weight is 286 g/mol. The summed E-state index contributed by atoms with van der Waals surface area (Å²) < 4.78 is 18.1. The van der Waals surface area contributed by atoms with Gasteiger partial charge in [-0.1, -0.05) is 17.7 Å². The highest BCUT2D eigenvalue weighted by molar-refractivity contribution is 6.30. The number of ether oxygens (including phenoxy) is 1. The van der Waals surface area contributed by atoms with E-state index in [0.29, 0.717) is 5.56 Å².